The van der Waals surface area contributed by atoms with Gasteiger partial charge >= 0.3 is 0 Å². The lowest BCUT2D eigenvalue weighted by Crippen LogP contribution is -2.00. The van der Waals surface area contributed by atoms with E-state index in [9.17, 15) is 0 Å². The van der Waals surface area contributed by atoms with Gasteiger partial charge in [0.1, 0.15) is 5.76 Å². The summed E-state index contributed by atoms with van der Waals surface area (Å²) in [7, 11) is 0. The highest BCUT2D eigenvalue weighted by atomic mass is 16.5. The van der Waals surface area contributed by atoms with Gasteiger partial charge in [0, 0.05) is 18.5 Å². The minimum atomic E-state index is 0.532. The molecule has 1 aromatic heterocycles. The van der Waals surface area contributed by atoms with E-state index >= 15 is 0 Å². The monoisotopic (exact) mass is 154 g/mol. The van der Waals surface area contributed by atoms with Crippen LogP contribution >= 0.6 is 0 Å². The second-order valence-electron chi connectivity index (χ2n) is 2.62. The highest BCUT2D eigenvalue weighted by Gasteiger charge is 2.09. The summed E-state index contributed by atoms with van der Waals surface area (Å²) in [5.74, 6) is 0.951. The molecule has 1 rings (SSSR count). The summed E-state index contributed by atoms with van der Waals surface area (Å²) >= 11 is 0. The largest absolute Gasteiger partial charge is 0.361 e. The van der Waals surface area contributed by atoms with Gasteiger partial charge in [0.2, 0.25) is 0 Å². The van der Waals surface area contributed by atoms with E-state index in [2.05, 4.69) is 12.1 Å². The second-order valence-corrected chi connectivity index (χ2v) is 2.62. The first-order valence-electron chi connectivity index (χ1n) is 3.93. The molecule has 0 aromatic carbocycles. The van der Waals surface area contributed by atoms with Crippen LogP contribution in [0, 0.1) is 6.92 Å². The van der Waals surface area contributed by atoms with Gasteiger partial charge < -0.3 is 10.3 Å². The SMILES string of the molecule is CCCc1onc(C)c1CN. The Morgan fingerprint density at radius 1 is 1.55 bits per heavy atom. The molecule has 3 nitrogen and oxygen atoms in total. The van der Waals surface area contributed by atoms with Gasteiger partial charge in [-0.05, 0) is 13.3 Å². The molecule has 2 N–H and O–H groups in total. The molecular formula is C8H14N2O. The van der Waals surface area contributed by atoms with E-state index in [0.29, 0.717) is 6.54 Å². The first-order valence-corrected chi connectivity index (χ1v) is 3.93. The van der Waals surface area contributed by atoms with Gasteiger partial charge in [0.25, 0.3) is 0 Å². The number of nitrogens with two attached hydrogens (primary N) is 1. The highest BCUT2D eigenvalue weighted by molar-refractivity contribution is 5.21. The maximum atomic E-state index is 5.53. The summed E-state index contributed by atoms with van der Waals surface area (Å²) < 4.78 is 5.10. The molecule has 0 unspecified atom stereocenters. The molecule has 0 aliphatic rings. The van der Waals surface area contributed by atoms with E-state index < -0.39 is 0 Å². The minimum absolute atomic E-state index is 0.532. The van der Waals surface area contributed by atoms with Gasteiger partial charge in [-0.1, -0.05) is 12.1 Å². The first-order chi connectivity index (χ1) is 5.29. The van der Waals surface area contributed by atoms with Crippen LogP contribution in [0.5, 0.6) is 0 Å². The van der Waals surface area contributed by atoms with Crippen LogP contribution in [0.4, 0.5) is 0 Å². The summed E-state index contributed by atoms with van der Waals surface area (Å²) in [5, 5.41) is 3.85. The van der Waals surface area contributed by atoms with Crippen LogP contribution < -0.4 is 5.73 Å². The quantitative estimate of drug-likeness (QED) is 0.715. The lowest BCUT2D eigenvalue weighted by Gasteiger charge is -1.94. The Balaban J connectivity index is 2.86. The maximum absolute atomic E-state index is 5.53. The number of hydrogen-bond acceptors (Lipinski definition) is 3. The van der Waals surface area contributed by atoms with E-state index in [1.54, 1.807) is 0 Å². The molecule has 0 aliphatic heterocycles. The normalized spacial score (nSPS) is 10.5. The van der Waals surface area contributed by atoms with E-state index in [1.165, 1.54) is 0 Å². The van der Waals surface area contributed by atoms with Crippen molar-refractivity contribution in [1.82, 2.24) is 5.16 Å². The van der Waals surface area contributed by atoms with Crippen LogP contribution in [0.25, 0.3) is 0 Å². The molecule has 1 heterocycles. The smallest absolute Gasteiger partial charge is 0.141 e. The number of hydrogen-bond donors (Lipinski definition) is 1. The van der Waals surface area contributed by atoms with Crippen LogP contribution in [0.2, 0.25) is 0 Å². The third-order valence-corrected chi connectivity index (χ3v) is 1.75. The Labute approximate surface area is 66.6 Å². The third-order valence-electron chi connectivity index (χ3n) is 1.75. The Morgan fingerprint density at radius 3 is 2.82 bits per heavy atom. The summed E-state index contributed by atoms with van der Waals surface area (Å²) in [6.45, 7) is 4.56. The fourth-order valence-electron chi connectivity index (χ4n) is 1.12. The van der Waals surface area contributed by atoms with E-state index in [-0.39, 0.29) is 0 Å². The van der Waals surface area contributed by atoms with Crippen molar-refractivity contribution in [3.05, 3.63) is 17.0 Å². The molecule has 0 amide bonds. The van der Waals surface area contributed by atoms with Crippen molar-refractivity contribution in [2.24, 2.45) is 5.73 Å². The van der Waals surface area contributed by atoms with Crippen LogP contribution in [0.3, 0.4) is 0 Å². The predicted molar refractivity (Wildman–Crippen MR) is 43.1 cm³/mol. The minimum Gasteiger partial charge on any atom is -0.361 e. The topological polar surface area (TPSA) is 52.0 Å². The first kappa shape index (κ1) is 8.27. The van der Waals surface area contributed by atoms with Crippen LogP contribution in [-0.4, -0.2) is 5.16 Å². The molecule has 62 valence electrons. The second kappa shape index (κ2) is 3.53. The number of rotatable bonds is 3. The lowest BCUT2D eigenvalue weighted by molar-refractivity contribution is 0.377. The Kier molecular flexibility index (Phi) is 2.65. The van der Waals surface area contributed by atoms with E-state index in [1.807, 2.05) is 6.92 Å². The van der Waals surface area contributed by atoms with Gasteiger partial charge in [0.15, 0.2) is 0 Å². The summed E-state index contributed by atoms with van der Waals surface area (Å²) in [5.41, 5.74) is 7.53. The number of aryl methyl sites for hydroxylation is 2. The van der Waals surface area contributed by atoms with Crippen molar-refractivity contribution in [2.45, 2.75) is 33.2 Å². The molecule has 0 atom stereocenters. The zero-order valence-electron chi connectivity index (χ0n) is 7.05. The van der Waals surface area contributed by atoms with Gasteiger partial charge in [0.05, 0.1) is 5.69 Å². The average molecular weight is 154 g/mol. The fraction of sp³-hybridized carbons (Fsp3) is 0.625. The Bertz CT molecular complexity index is 230. The Morgan fingerprint density at radius 2 is 2.27 bits per heavy atom. The molecule has 1 aromatic rings. The number of nitrogens with zero attached hydrogens (tertiary/aromatic N) is 1. The molecule has 0 bridgehead atoms. The summed E-state index contributed by atoms with van der Waals surface area (Å²) in [6.07, 6.45) is 2.01. The number of aromatic nitrogens is 1. The molecule has 0 radical (unpaired) electrons. The Hall–Kier alpha value is -0.830. The van der Waals surface area contributed by atoms with E-state index in [4.69, 9.17) is 10.3 Å². The summed E-state index contributed by atoms with van der Waals surface area (Å²) in [4.78, 5) is 0. The molecular weight excluding hydrogens is 140 g/mol. The summed E-state index contributed by atoms with van der Waals surface area (Å²) in [6, 6.07) is 0. The van der Waals surface area contributed by atoms with Crippen molar-refractivity contribution >= 4 is 0 Å². The van der Waals surface area contributed by atoms with Crippen molar-refractivity contribution < 1.29 is 4.52 Å². The molecule has 0 saturated heterocycles. The standard InChI is InChI=1S/C8H14N2O/c1-3-4-8-7(5-9)6(2)10-11-8/h3-5,9H2,1-2H3. The maximum Gasteiger partial charge on any atom is 0.141 e. The molecule has 0 aliphatic carbocycles. The van der Waals surface area contributed by atoms with Crippen LogP contribution in [-0.2, 0) is 13.0 Å². The third kappa shape index (κ3) is 1.60. The lowest BCUT2D eigenvalue weighted by atomic mass is 10.1. The van der Waals surface area contributed by atoms with Crippen LogP contribution in [0.1, 0.15) is 30.4 Å². The van der Waals surface area contributed by atoms with Crippen molar-refractivity contribution in [1.29, 1.82) is 0 Å². The van der Waals surface area contributed by atoms with Crippen molar-refractivity contribution in [3.63, 3.8) is 0 Å². The molecule has 0 spiro atoms. The zero-order chi connectivity index (χ0) is 8.27. The molecule has 3 heteroatoms. The van der Waals surface area contributed by atoms with Crippen molar-refractivity contribution in [2.75, 3.05) is 0 Å². The van der Waals surface area contributed by atoms with Gasteiger partial charge in [-0.15, -0.1) is 0 Å². The molecule has 0 saturated carbocycles. The van der Waals surface area contributed by atoms with Gasteiger partial charge in [-0.2, -0.15) is 0 Å². The van der Waals surface area contributed by atoms with E-state index in [0.717, 1.165) is 29.9 Å². The molecule has 11 heavy (non-hydrogen) atoms. The van der Waals surface area contributed by atoms with Gasteiger partial charge in [-0.25, -0.2) is 0 Å². The predicted octanol–water partition coefficient (Wildman–Crippen LogP) is 1.39. The highest BCUT2D eigenvalue weighted by Crippen LogP contribution is 2.13. The molecule has 0 fully saturated rings. The average Bonchev–Trinajstić information content (AvgIpc) is 2.33. The van der Waals surface area contributed by atoms with Crippen LogP contribution in [0.15, 0.2) is 4.52 Å². The van der Waals surface area contributed by atoms with Gasteiger partial charge in [-0.3, -0.25) is 0 Å². The fourth-order valence-corrected chi connectivity index (χ4v) is 1.12. The zero-order valence-corrected chi connectivity index (χ0v) is 7.05. The van der Waals surface area contributed by atoms with Crippen molar-refractivity contribution in [3.8, 4) is 0 Å².